The van der Waals surface area contributed by atoms with Gasteiger partial charge in [-0.2, -0.15) is 0 Å². The van der Waals surface area contributed by atoms with E-state index in [9.17, 15) is 4.79 Å². The molecule has 0 bridgehead atoms. The molecule has 0 aliphatic heterocycles. The van der Waals surface area contributed by atoms with Gasteiger partial charge in [0.15, 0.2) is 0 Å². The van der Waals surface area contributed by atoms with E-state index in [-0.39, 0.29) is 5.97 Å². The van der Waals surface area contributed by atoms with E-state index in [2.05, 4.69) is 31.2 Å². The fraction of sp³-hybridized carbons (Fsp3) is 0.409. The molecule has 0 saturated heterocycles. The van der Waals surface area contributed by atoms with Gasteiger partial charge in [0.25, 0.3) is 0 Å². The van der Waals surface area contributed by atoms with E-state index >= 15 is 0 Å². The average Bonchev–Trinajstić information content (AvgIpc) is 2.62. The van der Waals surface area contributed by atoms with Crippen LogP contribution in [0.3, 0.4) is 0 Å². The predicted octanol–water partition coefficient (Wildman–Crippen LogP) is 5.33. The first kappa shape index (κ1) is 16.8. The maximum atomic E-state index is 12.1. The number of carbonyl (C=O) groups is 1. The Bertz CT molecular complexity index is 670. The van der Waals surface area contributed by atoms with E-state index in [0.717, 1.165) is 5.56 Å². The molecule has 126 valence electrons. The van der Waals surface area contributed by atoms with Crippen molar-refractivity contribution in [2.75, 3.05) is 6.61 Å². The van der Waals surface area contributed by atoms with Crippen LogP contribution < -0.4 is 0 Å². The highest BCUT2D eigenvalue weighted by Gasteiger charge is 2.16. The SMILES string of the molecule is Cc1cc(CC(=O)OCC2CCCCC2)ccc1-c1ccccc1. The van der Waals surface area contributed by atoms with Crippen molar-refractivity contribution in [2.24, 2.45) is 5.92 Å². The van der Waals surface area contributed by atoms with Crippen LogP contribution in [0.25, 0.3) is 11.1 Å². The van der Waals surface area contributed by atoms with Gasteiger partial charge >= 0.3 is 5.97 Å². The van der Waals surface area contributed by atoms with E-state index in [1.54, 1.807) is 0 Å². The van der Waals surface area contributed by atoms with Crippen molar-refractivity contribution in [3.63, 3.8) is 0 Å². The predicted molar refractivity (Wildman–Crippen MR) is 97.9 cm³/mol. The Morgan fingerprint density at radius 2 is 1.79 bits per heavy atom. The number of hydrogen-bond donors (Lipinski definition) is 0. The Morgan fingerprint density at radius 1 is 1.04 bits per heavy atom. The number of carbonyl (C=O) groups excluding carboxylic acids is 1. The highest BCUT2D eigenvalue weighted by molar-refractivity contribution is 5.74. The molecule has 0 atom stereocenters. The summed E-state index contributed by atoms with van der Waals surface area (Å²) in [5.74, 6) is 0.470. The lowest BCUT2D eigenvalue weighted by Crippen LogP contribution is -2.17. The van der Waals surface area contributed by atoms with Gasteiger partial charge in [-0.15, -0.1) is 0 Å². The molecule has 0 heterocycles. The van der Waals surface area contributed by atoms with E-state index in [1.165, 1.54) is 48.8 Å². The van der Waals surface area contributed by atoms with Crippen LogP contribution in [0.15, 0.2) is 48.5 Å². The van der Waals surface area contributed by atoms with Gasteiger partial charge in [-0.05, 0) is 47.9 Å². The fourth-order valence-corrected chi connectivity index (χ4v) is 3.56. The van der Waals surface area contributed by atoms with E-state index in [0.29, 0.717) is 18.9 Å². The summed E-state index contributed by atoms with van der Waals surface area (Å²) >= 11 is 0. The zero-order valence-corrected chi connectivity index (χ0v) is 14.5. The third-order valence-corrected chi connectivity index (χ3v) is 4.93. The molecule has 0 radical (unpaired) electrons. The molecule has 0 unspecified atom stereocenters. The largest absolute Gasteiger partial charge is 0.465 e. The highest BCUT2D eigenvalue weighted by Crippen LogP contribution is 2.25. The fourth-order valence-electron chi connectivity index (χ4n) is 3.56. The second-order valence-corrected chi connectivity index (χ2v) is 6.88. The Labute approximate surface area is 144 Å². The summed E-state index contributed by atoms with van der Waals surface area (Å²) < 4.78 is 5.50. The molecule has 2 nitrogen and oxygen atoms in total. The number of benzene rings is 2. The highest BCUT2D eigenvalue weighted by atomic mass is 16.5. The van der Waals surface area contributed by atoms with Crippen molar-refractivity contribution in [3.05, 3.63) is 59.7 Å². The lowest BCUT2D eigenvalue weighted by Gasteiger charge is -2.21. The minimum absolute atomic E-state index is 0.104. The van der Waals surface area contributed by atoms with Crippen LogP contribution in [-0.4, -0.2) is 12.6 Å². The van der Waals surface area contributed by atoms with Gasteiger partial charge in [0, 0.05) is 0 Å². The van der Waals surface area contributed by atoms with Crippen molar-refractivity contribution < 1.29 is 9.53 Å². The number of esters is 1. The molecule has 24 heavy (non-hydrogen) atoms. The monoisotopic (exact) mass is 322 g/mol. The van der Waals surface area contributed by atoms with Gasteiger partial charge in [-0.25, -0.2) is 0 Å². The number of aryl methyl sites for hydroxylation is 1. The minimum Gasteiger partial charge on any atom is -0.465 e. The molecule has 0 N–H and O–H groups in total. The Hall–Kier alpha value is -2.09. The number of ether oxygens (including phenoxy) is 1. The van der Waals surface area contributed by atoms with Gasteiger partial charge in [-0.1, -0.05) is 67.8 Å². The van der Waals surface area contributed by atoms with Crippen molar-refractivity contribution in [1.82, 2.24) is 0 Å². The molecular formula is C22H26O2. The zero-order valence-electron chi connectivity index (χ0n) is 14.5. The van der Waals surface area contributed by atoms with Gasteiger partial charge in [0.1, 0.15) is 0 Å². The second-order valence-electron chi connectivity index (χ2n) is 6.88. The van der Waals surface area contributed by atoms with Crippen molar-refractivity contribution in [2.45, 2.75) is 45.4 Å². The molecule has 0 amide bonds. The molecule has 2 aromatic carbocycles. The smallest absolute Gasteiger partial charge is 0.310 e. The minimum atomic E-state index is -0.104. The molecule has 1 fully saturated rings. The molecule has 2 heteroatoms. The second kappa shape index (κ2) is 8.14. The molecule has 1 aliphatic rings. The van der Waals surface area contributed by atoms with Crippen molar-refractivity contribution in [3.8, 4) is 11.1 Å². The summed E-state index contributed by atoms with van der Waals surface area (Å²) in [6.45, 7) is 2.69. The topological polar surface area (TPSA) is 26.3 Å². The van der Waals surface area contributed by atoms with E-state index in [1.807, 2.05) is 24.3 Å². The Kier molecular flexibility index (Phi) is 5.68. The first-order valence-corrected chi connectivity index (χ1v) is 9.03. The molecular weight excluding hydrogens is 296 g/mol. The standard InChI is InChI=1S/C22H26O2/c1-17-14-19(12-13-21(17)20-10-6-3-7-11-20)15-22(23)24-16-18-8-4-2-5-9-18/h3,6-7,10-14,18H,2,4-5,8-9,15-16H2,1H3. The van der Waals surface area contributed by atoms with Crippen LogP contribution in [0.4, 0.5) is 0 Å². The van der Waals surface area contributed by atoms with Gasteiger partial charge in [-0.3, -0.25) is 4.79 Å². The lowest BCUT2D eigenvalue weighted by atomic mass is 9.90. The average molecular weight is 322 g/mol. The summed E-state index contributed by atoms with van der Waals surface area (Å²) in [4.78, 5) is 12.1. The lowest BCUT2D eigenvalue weighted by molar-refractivity contribution is -0.144. The maximum Gasteiger partial charge on any atom is 0.310 e. The van der Waals surface area contributed by atoms with E-state index < -0.39 is 0 Å². The Balaban J connectivity index is 1.57. The van der Waals surface area contributed by atoms with Gasteiger partial charge in [0.2, 0.25) is 0 Å². The van der Waals surface area contributed by atoms with Crippen molar-refractivity contribution in [1.29, 1.82) is 0 Å². The van der Waals surface area contributed by atoms with Gasteiger partial charge < -0.3 is 4.74 Å². The van der Waals surface area contributed by atoms with Crippen LogP contribution in [0.5, 0.6) is 0 Å². The molecule has 1 aliphatic carbocycles. The first-order valence-electron chi connectivity index (χ1n) is 9.03. The summed E-state index contributed by atoms with van der Waals surface area (Å²) in [5, 5.41) is 0. The van der Waals surface area contributed by atoms with Gasteiger partial charge in [0.05, 0.1) is 13.0 Å². The zero-order chi connectivity index (χ0) is 16.8. The molecule has 0 spiro atoms. The third-order valence-electron chi connectivity index (χ3n) is 4.93. The summed E-state index contributed by atoms with van der Waals surface area (Å²) in [5.41, 5.74) is 4.65. The molecule has 2 aromatic rings. The molecule has 3 rings (SSSR count). The summed E-state index contributed by atoms with van der Waals surface area (Å²) in [6, 6.07) is 16.6. The van der Waals surface area contributed by atoms with Crippen LogP contribution in [0.1, 0.15) is 43.2 Å². The normalized spacial score (nSPS) is 15.2. The summed E-state index contributed by atoms with van der Waals surface area (Å²) in [6.07, 6.45) is 6.67. The first-order chi connectivity index (χ1) is 11.7. The van der Waals surface area contributed by atoms with Crippen molar-refractivity contribution >= 4 is 5.97 Å². The number of hydrogen-bond acceptors (Lipinski definition) is 2. The Morgan fingerprint density at radius 3 is 2.50 bits per heavy atom. The molecule has 1 saturated carbocycles. The van der Waals surface area contributed by atoms with Crippen LogP contribution in [0.2, 0.25) is 0 Å². The maximum absolute atomic E-state index is 12.1. The number of rotatable bonds is 5. The van der Waals surface area contributed by atoms with Crippen LogP contribution >= 0.6 is 0 Å². The quantitative estimate of drug-likeness (QED) is 0.696. The third kappa shape index (κ3) is 4.47. The summed E-state index contributed by atoms with van der Waals surface area (Å²) in [7, 11) is 0. The van der Waals surface area contributed by atoms with Crippen LogP contribution in [-0.2, 0) is 16.0 Å². The van der Waals surface area contributed by atoms with Crippen LogP contribution in [0, 0.1) is 12.8 Å². The molecule has 0 aromatic heterocycles. The van der Waals surface area contributed by atoms with E-state index in [4.69, 9.17) is 4.74 Å².